The third kappa shape index (κ3) is 2.93. The van der Waals surface area contributed by atoms with Gasteiger partial charge in [0.1, 0.15) is 12.4 Å². The summed E-state index contributed by atoms with van der Waals surface area (Å²) in [6, 6.07) is 6.93. The van der Waals surface area contributed by atoms with Crippen molar-refractivity contribution in [3.05, 3.63) is 29.3 Å². The Morgan fingerprint density at radius 2 is 1.89 bits per heavy atom. The van der Waals surface area contributed by atoms with Crippen LogP contribution in [0.2, 0.25) is 0 Å². The Balaban J connectivity index is 1.58. The molecule has 1 aliphatic heterocycles. The van der Waals surface area contributed by atoms with E-state index in [1.165, 1.54) is 56.3 Å². The van der Waals surface area contributed by atoms with Gasteiger partial charge in [-0.1, -0.05) is 6.07 Å². The first-order valence-electron chi connectivity index (χ1n) is 7.55. The van der Waals surface area contributed by atoms with E-state index in [4.69, 9.17) is 10.5 Å². The van der Waals surface area contributed by atoms with Gasteiger partial charge in [-0.25, -0.2) is 0 Å². The summed E-state index contributed by atoms with van der Waals surface area (Å²) in [5.74, 6) is 1.01. The Morgan fingerprint density at radius 3 is 2.68 bits per heavy atom. The zero-order chi connectivity index (χ0) is 13.1. The summed E-state index contributed by atoms with van der Waals surface area (Å²) >= 11 is 0. The monoisotopic (exact) mass is 260 g/mol. The molecule has 1 aliphatic carbocycles. The summed E-state index contributed by atoms with van der Waals surface area (Å²) in [6.45, 7) is 3.76. The Bertz CT molecular complexity index is 427. The zero-order valence-electron chi connectivity index (χ0n) is 11.6. The first kappa shape index (κ1) is 12.9. The van der Waals surface area contributed by atoms with E-state index < -0.39 is 0 Å². The van der Waals surface area contributed by atoms with Crippen molar-refractivity contribution in [3.8, 4) is 5.75 Å². The number of hydrogen-bond acceptors (Lipinski definition) is 3. The van der Waals surface area contributed by atoms with E-state index in [1.807, 2.05) is 0 Å². The molecule has 1 unspecified atom stereocenters. The summed E-state index contributed by atoms with van der Waals surface area (Å²) in [6.07, 6.45) is 6.33. The topological polar surface area (TPSA) is 38.5 Å². The van der Waals surface area contributed by atoms with Gasteiger partial charge < -0.3 is 10.5 Å². The Labute approximate surface area is 115 Å². The van der Waals surface area contributed by atoms with Crippen molar-refractivity contribution in [2.24, 2.45) is 5.73 Å². The third-order valence-corrected chi connectivity index (χ3v) is 4.44. The highest BCUT2D eigenvalue weighted by molar-refractivity contribution is 5.38. The van der Waals surface area contributed by atoms with Crippen LogP contribution in [0.5, 0.6) is 5.75 Å². The largest absolute Gasteiger partial charge is 0.492 e. The highest BCUT2D eigenvalue weighted by Crippen LogP contribution is 2.26. The summed E-state index contributed by atoms with van der Waals surface area (Å²) in [5, 5.41) is 0. The van der Waals surface area contributed by atoms with E-state index >= 15 is 0 Å². The molecule has 2 aliphatic rings. The first-order chi connectivity index (χ1) is 9.36. The van der Waals surface area contributed by atoms with Gasteiger partial charge in [0.2, 0.25) is 0 Å². The molecule has 0 radical (unpaired) electrons. The molecule has 0 aromatic heterocycles. The Kier molecular flexibility index (Phi) is 4.04. The van der Waals surface area contributed by atoms with Crippen LogP contribution in [0.3, 0.4) is 0 Å². The SMILES string of the molecule is NCC(COc1ccc2c(c1)CCC2)N1CCCC1. The molecule has 104 valence electrons. The molecule has 1 saturated heterocycles. The molecular weight excluding hydrogens is 236 g/mol. The molecule has 1 aromatic rings. The molecule has 0 bridgehead atoms. The summed E-state index contributed by atoms with van der Waals surface area (Å²) < 4.78 is 5.98. The number of likely N-dealkylation sites (tertiary alicyclic amines) is 1. The molecule has 19 heavy (non-hydrogen) atoms. The van der Waals surface area contributed by atoms with Crippen LogP contribution in [0, 0.1) is 0 Å². The van der Waals surface area contributed by atoms with E-state index in [0.717, 1.165) is 12.4 Å². The molecule has 1 aromatic carbocycles. The van der Waals surface area contributed by atoms with Crippen LogP contribution in [0.15, 0.2) is 18.2 Å². The minimum absolute atomic E-state index is 0.371. The van der Waals surface area contributed by atoms with Crippen LogP contribution >= 0.6 is 0 Å². The molecule has 3 rings (SSSR count). The Morgan fingerprint density at radius 1 is 1.11 bits per heavy atom. The van der Waals surface area contributed by atoms with Gasteiger partial charge in [0, 0.05) is 6.54 Å². The number of hydrogen-bond donors (Lipinski definition) is 1. The lowest BCUT2D eigenvalue weighted by molar-refractivity contribution is 0.164. The maximum Gasteiger partial charge on any atom is 0.119 e. The smallest absolute Gasteiger partial charge is 0.119 e. The van der Waals surface area contributed by atoms with Crippen LogP contribution in [0.4, 0.5) is 0 Å². The van der Waals surface area contributed by atoms with Gasteiger partial charge in [0.15, 0.2) is 0 Å². The number of rotatable bonds is 5. The predicted molar refractivity (Wildman–Crippen MR) is 77.6 cm³/mol. The fourth-order valence-corrected chi connectivity index (χ4v) is 3.26. The lowest BCUT2D eigenvalue weighted by Gasteiger charge is -2.26. The quantitative estimate of drug-likeness (QED) is 0.880. The van der Waals surface area contributed by atoms with Gasteiger partial charge in [-0.2, -0.15) is 0 Å². The molecule has 0 spiro atoms. The second-order valence-corrected chi connectivity index (χ2v) is 5.73. The van der Waals surface area contributed by atoms with Crippen molar-refractivity contribution in [2.45, 2.75) is 38.1 Å². The van der Waals surface area contributed by atoms with Crippen molar-refractivity contribution in [1.82, 2.24) is 4.90 Å². The summed E-state index contributed by atoms with van der Waals surface area (Å²) in [4.78, 5) is 2.47. The number of fused-ring (bicyclic) bond motifs is 1. The normalized spacial score (nSPS) is 20.5. The lowest BCUT2D eigenvalue weighted by Crippen LogP contribution is -2.42. The fourth-order valence-electron chi connectivity index (χ4n) is 3.26. The van der Waals surface area contributed by atoms with E-state index in [2.05, 4.69) is 23.1 Å². The highest BCUT2D eigenvalue weighted by Gasteiger charge is 2.21. The first-order valence-corrected chi connectivity index (χ1v) is 7.55. The van der Waals surface area contributed by atoms with Gasteiger partial charge in [-0.3, -0.25) is 4.90 Å². The van der Waals surface area contributed by atoms with Crippen molar-refractivity contribution in [3.63, 3.8) is 0 Å². The molecular formula is C16H24N2O. The van der Waals surface area contributed by atoms with Crippen molar-refractivity contribution in [2.75, 3.05) is 26.2 Å². The maximum absolute atomic E-state index is 5.98. The van der Waals surface area contributed by atoms with Crippen LogP contribution < -0.4 is 10.5 Å². The second-order valence-electron chi connectivity index (χ2n) is 5.73. The average molecular weight is 260 g/mol. The third-order valence-electron chi connectivity index (χ3n) is 4.44. The molecule has 1 atom stereocenters. The van der Waals surface area contributed by atoms with E-state index in [1.54, 1.807) is 0 Å². The molecule has 3 nitrogen and oxygen atoms in total. The standard InChI is InChI=1S/C16H24N2O/c17-11-15(18-8-1-2-9-18)12-19-16-7-6-13-4-3-5-14(13)10-16/h6-7,10,15H,1-5,8-9,11-12,17H2. The summed E-state index contributed by atoms with van der Waals surface area (Å²) in [7, 11) is 0. The van der Waals surface area contributed by atoms with Crippen molar-refractivity contribution < 1.29 is 4.74 Å². The van der Waals surface area contributed by atoms with Crippen molar-refractivity contribution in [1.29, 1.82) is 0 Å². The number of nitrogens with two attached hydrogens (primary N) is 1. The average Bonchev–Trinajstić information content (AvgIpc) is 3.10. The summed E-state index contributed by atoms with van der Waals surface area (Å²) in [5.41, 5.74) is 8.86. The zero-order valence-corrected chi connectivity index (χ0v) is 11.6. The van der Waals surface area contributed by atoms with E-state index in [-0.39, 0.29) is 0 Å². The maximum atomic E-state index is 5.98. The van der Waals surface area contributed by atoms with Gasteiger partial charge in [-0.15, -0.1) is 0 Å². The minimum atomic E-state index is 0.371. The number of ether oxygens (including phenoxy) is 1. The highest BCUT2D eigenvalue weighted by atomic mass is 16.5. The fraction of sp³-hybridized carbons (Fsp3) is 0.625. The molecule has 0 amide bonds. The molecule has 1 heterocycles. The molecule has 2 N–H and O–H groups in total. The minimum Gasteiger partial charge on any atom is -0.492 e. The van der Waals surface area contributed by atoms with Crippen LogP contribution in [0.1, 0.15) is 30.4 Å². The van der Waals surface area contributed by atoms with Crippen LogP contribution in [-0.2, 0) is 12.8 Å². The molecule has 0 saturated carbocycles. The number of aryl methyl sites for hydroxylation is 2. The van der Waals surface area contributed by atoms with E-state index in [9.17, 15) is 0 Å². The predicted octanol–water partition coefficient (Wildman–Crippen LogP) is 1.98. The number of benzene rings is 1. The van der Waals surface area contributed by atoms with Crippen LogP contribution in [0.25, 0.3) is 0 Å². The number of nitrogens with zero attached hydrogens (tertiary/aromatic N) is 1. The molecule has 3 heteroatoms. The van der Waals surface area contributed by atoms with Gasteiger partial charge in [-0.05, 0) is 68.5 Å². The molecule has 1 fully saturated rings. The second kappa shape index (κ2) is 5.93. The lowest BCUT2D eigenvalue weighted by atomic mass is 10.1. The van der Waals surface area contributed by atoms with Gasteiger partial charge >= 0.3 is 0 Å². The van der Waals surface area contributed by atoms with Gasteiger partial charge in [0.05, 0.1) is 6.04 Å². The van der Waals surface area contributed by atoms with Crippen LogP contribution in [-0.4, -0.2) is 37.2 Å². The van der Waals surface area contributed by atoms with E-state index in [0.29, 0.717) is 12.6 Å². The Hall–Kier alpha value is -1.06. The van der Waals surface area contributed by atoms with Gasteiger partial charge in [0.25, 0.3) is 0 Å². The van der Waals surface area contributed by atoms with Crippen molar-refractivity contribution >= 4 is 0 Å².